The number of hydrogen-bond acceptors (Lipinski definition) is 5. The second kappa shape index (κ2) is 9.25. The zero-order valence-electron chi connectivity index (χ0n) is 15.9. The van der Waals surface area contributed by atoms with Crippen molar-refractivity contribution in [1.29, 1.82) is 5.26 Å². The van der Waals surface area contributed by atoms with Crippen LogP contribution in [0.1, 0.15) is 17.0 Å². The molecule has 0 bridgehead atoms. The van der Waals surface area contributed by atoms with Crippen molar-refractivity contribution in [1.82, 2.24) is 14.8 Å². The van der Waals surface area contributed by atoms with Gasteiger partial charge < -0.3 is 4.74 Å². The summed E-state index contributed by atoms with van der Waals surface area (Å²) >= 11 is 1.48. The first-order valence-corrected chi connectivity index (χ1v) is 10.2. The minimum atomic E-state index is -0.425. The van der Waals surface area contributed by atoms with Crippen LogP contribution >= 0.6 is 11.8 Å². The maximum Gasteiger partial charge on any atom is 0.196 e. The quantitative estimate of drug-likeness (QED) is 0.390. The first-order chi connectivity index (χ1) is 14.8. The fraction of sp³-hybridized carbons (Fsp3) is 0.0870. The maximum atomic E-state index is 13.9. The molecule has 0 aliphatic carbocycles. The van der Waals surface area contributed by atoms with Gasteiger partial charge in [0.25, 0.3) is 0 Å². The van der Waals surface area contributed by atoms with E-state index >= 15 is 0 Å². The molecule has 1 heterocycles. The molecule has 4 aromatic rings. The standard InChI is InChI=1S/C23H17FN4OS/c24-20-12-6-7-13-21(20)29-15-22-26-27-23(28(22)19-10-2-1-3-11-19)30-16-18-9-5-4-8-17(18)14-25/h1-13H,15-16H2. The van der Waals surface area contributed by atoms with E-state index in [1.807, 2.05) is 53.1 Å². The largest absolute Gasteiger partial charge is 0.483 e. The molecule has 0 atom stereocenters. The first-order valence-electron chi connectivity index (χ1n) is 9.24. The van der Waals surface area contributed by atoms with Crippen molar-refractivity contribution >= 4 is 11.8 Å². The molecular weight excluding hydrogens is 399 g/mol. The van der Waals surface area contributed by atoms with Crippen molar-refractivity contribution < 1.29 is 9.13 Å². The summed E-state index contributed by atoms with van der Waals surface area (Å²) in [4.78, 5) is 0. The number of thioether (sulfide) groups is 1. The first kappa shape index (κ1) is 19.7. The lowest BCUT2D eigenvalue weighted by Crippen LogP contribution is -2.07. The lowest BCUT2D eigenvalue weighted by molar-refractivity contribution is 0.278. The SMILES string of the molecule is N#Cc1ccccc1CSc1nnc(COc2ccccc2F)n1-c1ccccc1. The van der Waals surface area contributed by atoms with Crippen LogP contribution in [0.15, 0.2) is 84.0 Å². The minimum absolute atomic E-state index is 0.0676. The smallest absolute Gasteiger partial charge is 0.196 e. The van der Waals surface area contributed by atoms with E-state index in [-0.39, 0.29) is 12.4 Å². The number of para-hydroxylation sites is 2. The van der Waals surface area contributed by atoms with Crippen LogP contribution in [0.5, 0.6) is 5.75 Å². The Bertz CT molecular complexity index is 1190. The van der Waals surface area contributed by atoms with Gasteiger partial charge in [-0.2, -0.15) is 5.26 Å². The Kier molecular flexibility index (Phi) is 6.06. The fourth-order valence-corrected chi connectivity index (χ4v) is 3.90. The van der Waals surface area contributed by atoms with Crippen molar-refractivity contribution in [2.24, 2.45) is 0 Å². The summed E-state index contributed by atoms with van der Waals surface area (Å²) in [6.07, 6.45) is 0. The molecule has 0 spiro atoms. The van der Waals surface area contributed by atoms with E-state index < -0.39 is 5.82 Å². The molecule has 30 heavy (non-hydrogen) atoms. The van der Waals surface area contributed by atoms with Gasteiger partial charge in [0.2, 0.25) is 0 Å². The summed E-state index contributed by atoms with van der Waals surface area (Å²) in [6.45, 7) is 0.0676. The van der Waals surface area contributed by atoms with Gasteiger partial charge in [0.1, 0.15) is 6.61 Å². The Hall–Kier alpha value is -3.63. The molecule has 4 rings (SSSR count). The van der Waals surface area contributed by atoms with E-state index in [1.165, 1.54) is 17.8 Å². The summed E-state index contributed by atoms with van der Waals surface area (Å²) in [7, 11) is 0. The minimum Gasteiger partial charge on any atom is -0.483 e. The molecule has 5 nitrogen and oxygen atoms in total. The lowest BCUT2D eigenvalue weighted by atomic mass is 10.1. The van der Waals surface area contributed by atoms with Crippen molar-refractivity contribution in [3.63, 3.8) is 0 Å². The maximum absolute atomic E-state index is 13.9. The van der Waals surface area contributed by atoms with Crippen LogP contribution in [0.3, 0.4) is 0 Å². The molecule has 1 aromatic heterocycles. The van der Waals surface area contributed by atoms with Crippen LogP contribution in [0.25, 0.3) is 5.69 Å². The highest BCUT2D eigenvalue weighted by Gasteiger charge is 2.16. The van der Waals surface area contributed by atoms with Crippen LogP contribution in [-0.4, -0.2) is 14.8 Å². The summed E-state index contributed by atoms with van der Waals surface area (Å²) in [5.74, 6) is 0.867. The molecule has 0 unspecified atom stereocenters. The number of halogens is 1. The number of nitriles is 1. The van der Waals surface area contributed by atoms with Gasteiger partial charge in [0, 0.05) is 11.4 Å². The third-order valence-electron chi connectivity index (χ3n) is 4.40. The highest BCUT2D eigenvalue weighted by molar-refractivity contribution is 7.98. The van der Waals surface area contributed by atoms with Crippen molar-refractivity contribution in [3.05, 3.63) is 102 Å². The van der Waals surface area contributed by atoms with Crippen LogP contribution in [0, 0.1) is 17.1 Å². The van der Waals surface area contributed by atoms with Crippen LogP contribution in [0.4, 0.5) is 4.39 Å². The van der Waals surface area contributed by atoms with E-state index in [0.717, 1.165) is 11.3 Å². The van der Waals surface area contributed by atoms with Crippen molar-refractivity contribution in [2.45, 2.75) is 17.5 Å². The van der Waals surface area contributed by atoms with Gasteiger partial charge in [-0.15, -0.1) is 10.2 Å². The molecule has 0 radical (unpaired) electrons. The van der Waals surface area contributed by atoms with E-state index in [1.54, 1.807) is 24.3 Å². The summed E-state index contributed by atoms with van der Waals surface area (Å²) in [5.41, 5.74) is 2.45. The summed E-state index contributed by atoms with van der Waals surface area (Å²) < 4.78 is 21.4. The van der Waals surface area contributed by atoms with Gasteiger partial charge in [-0.1, -0.05) is 60.3 Å². The predicted octanol–water partition coefficient (Wildman–Crippen LogP) is 5.15. The fourth-order valence-electron chi connectivity index (χ4n) is 2.93. The predicted molar refractivity (Wildman–Crippen MR) is 113 cm³/mol. The summed E-state index contributed by atoms with van der Waals surface area (Å²) in [5, 5.41) is 18.6. The molecule has 0 aliphatic heterocycles. The highest BCUT2D eigenvalue weighted by Crippen LogP contribution is 2.27. The molecule has 3 aromatic carbocycles. The highest BCUT2D eigenvalue weighted by atomic mass is 32.2. The van der Waals surface area contributed by atoms with Crippen LogP contribution in [0.2, 0.25) is 0 Å². The van der Waals surface area contributed by atoms with E-state index in [2.05, 4.69) is 16.3 Å². The topological polar surface area (TPSA) is 63.7 Å². The van der Waals surface area contributed by atoms with Gasteiger partial charge in [0.05, 0.1) is 11.6 Å². The van der Waals surface area contributed by atoms with Gasteiger partial charge in [-0.05, 0) is 35.9 Å². The Morgan fingerprint density at radius 3 is 2.47 bits per heavy atom. The Balaban J connectivity index is 1.61. The van der Waals surface area contributed by atoms with Crippen LogP contribution < -0.4 is 4.74 Å². The second-order valence-electron chi connectivity index (χ2n) is 6.35. The number of rotatable bonds is 7. The zero-order chi connectivity index (χ0) is 20.8. The molecule has 0 saturated heterocycles. The third kappa shape index (κ3) is 4.34. The average Bonchev–Trinajstić information content (AvgIpc) is 3.20. The van der Waals surface area contributed by atoms with E-state index in [9.17, 15) is 9.65 Å². The lowest BCUT2D eigenvalue weighted by Gasteiger charge is -2.11. The van der Waals surface area contributed by atoms with E-state index in [0.29, 0.717) is 22.3 Å². The molecule has 0 aliphatic rings. The van der Waals surface area contributed by atoms with Gasteiger partial charge >= 0.3 is 0 Å². The molecule has 0 N–H and O–H groups in total. The van der Waals surface area contributed by atoms with Crippen LogP contribution in [-0.2, 0) is 12.4 Å². The molecule has 7 heteroatoms. The Morgan fingerprint density at radius 2 is 1.67 bits per heavy atom. The number of aromatic nitrogens is 3. The third-order valence-corrected chi connectivity index (χ3v) is 5.38. The Labute approximate surface area is 177 Å². The molecular formula is C23H17FN4OS. The normalized spacial score (nSPS) is 10.5. The van der Waals surface area contributed by atoms with E-state index in [4.69, 9.17) is 4.74 Å². The molecule has 0 fully saturated rings. The monoisotopic (exact) mass is 416 g/mol. The van der Waals surface area contributed by atoms with Gasteiger partial charge in [-0.25, -0.2) is 4.39 Å². The van der Waals surface area contributed by atoms with Crippen molar-refractivity contribution in [3.8, 4) is 17.5 Å². The van der Waals surface area contributed by atoms with Gasteiger partial charge in [-0.3, -0.25) is 4.57 Å². The average molecular weight is 416 g/mol. The number of benzene rings is 3. The number of nitrogens with zero attached hydrogens (tertiary/aromatic N) is 4. The molecule has 148 valence electrons. The summed E-state index contributed by atoms with van der Waals surface area (Å²) in [6, 6.07) is 25.6. The van der Waals surface area contributed by atoms with Gasteiger partial charge in [0.15, 0.2) is 22.5 Å². The number of ether oxygens (including phenoxy) is 1. The second-order valence-corrected chi connectivity index (χ2v) is 7.29. The number of hydrogen-bond donors (Lipinski definition) is 0. The van der Waals surface area contributed by atoms with Crippen molar-refractivity contribution in [2.75, 3.05) is 0 Å². The zero-order valence-corrected chi connectivity index (χ0v) is 16.7. The Morgan fingerprint density at radius 1 is 0.933 bits per heavy atom. The molecule has 0 amide bonds. The molecule has 0 saturated carbocycles.